The molecule has 20 heavy (non-hydrogen) atoms. The van der Waals surface area contributed by atoms with Gasteiger partial charge in [0.1, 0.15) is 0 Å². The van der Waals surface area contributed by atoms with Gasteiger partial charge in [0.15, 0.2) is 0 Å². The lowest BCUT2D eigenvalue weighted by atomic mass is 9.93. The van der Waals surface area contributed by atoms with E-state index in [1.54, 1.807) is 16.9 Å². The highest BCUT2D eigenvalue weighted by molar-refractivity contribution is 5.40. The fourth-order valence-corrected chi connectivity index (χ4v) is 2.81. The molecule has 1 atom stereocenters. The molecule has 1 aliphatic heterocycles. The molecule has 1 saturated heterocycles. The van der Waals surface area contributed by atoms with Crippen LogP contribution >= 0.6 is 0 Å². The van der Waals surface area contributed by atoms with E-state index >= 15 is 0 Å². The van der Waals surface area contributed by atoms with Crippen LogP contribution in [0.3, 0.4) is 0 Å². The number of nitrogens with zero attached hydrogens (tertiary/aromatic N) is 2. The molecule has 1 aromatic heterocycles. The van der Waals surface area contributed by atoms with Gasteiger partial charge in [-0.2, -0.15) is 5.10 Å². The molecule has 2 fully saturated rings. The lowest BCUT2D eigenvalue weighted by Crippen LogP contribution is -2.29. The Kier molecular flexibility index (Phi) is 4.35. The van der Waals surface area contributed by atoms with Crippen molar-refractivity contribution in [2.75, 3.05) is 11.9 Å². The van der Waals surface area contributed by atoms with Crippen LogP contribution < -0.4 is 10.9 Å². The van der Waals surface area contributed by atoms with Gasteiger partial charge < -0.3 is 10.1 Å². The zero-order valence-corrected chi connectivity index (χ0v) is 11.9. The summed E-state index contributed by atoms with van der Waals surface area (Å²) in [6.45, 7) is 1.58. The monoisotopic (exact) mass is 277 g/mol. The predicted molar refractivity (Wildman–Crippen MR) is 78.0 cm³/mol. The van der Waals surface area contributed by atoms with Gasteiger partial charge in [-0.05, 0) is 44.9 Å². The van der Waals surface area contributed by atoms with Gasteiger partial charge >= 0.3 is 0 Å². The summed E-state index contributed by atoms with van der Waals surface area (Å²) in [5.74, 6) is 0. The van der Waals surface area contributed by atoms with Gasteiger partial charge in [0.05, 0.1) is 18.0 Å². The van der Waals surface area contributed by atoms with E-state index in [-0.39, 0.29) is 5.56 Å². The minimum Gasteiger partial charge on any atom is -0.381 e. The van der Waals surface area contributed by atoms with Gasteiger partial charge in [0.25, 0.3) is 5.56 Å². The van der Waals surface area contributed by atoms with Crippen molar-refractivity contribution in [3.63, 3.8) is 0 Å². The Morgan fingerprint density at radius 2 is 2.25 bits per heavy atom. The van der Waals surface area contributed by atoms with Crippen molar-refractivity contribution in [1.82, 2.24) is 9.78 Å². The fraction of sp³-hybridized carbons (Fsp3) is 0.733. The van der Waals surface area contributed by atoms with Gasteiger partial charge in [0.2, 0.25) is 0 Å². The van der Waals surface area contributed by atoms with Crippen LogP contribution in [0.5, 0.6) is 0 Å². The van der Waals surface area contributed by atoms with E-state index in [0.29, 0.717) is 18.7 Å². The Hall–Kier alpha value is -1.36. The maximum Gasteiger partial charge on any atom is 0.268 e. The summed E-state index contributed by atoms with van der Waals surface area (Å²) in [5, 5.41) is 7.61. The van der Waals surface area contributed by atoms with E-state index in [2.05, 4.69) is 10.4 Å². The molecule has 1 N–H and O–H groups in total. The molecule has 0 radical (unpaired) electrons. The molecule has 0 spiro atoms. The molecular weight excluding hydrogens is 254 g/mol. The third kappa shape index (κ3) is 3.39. The second-order valence-corrected chi connectivity index (χ2v) is 5.86. The smallest absolute Gasteiger partial charge is 0.268 e. The Balaban J connectivity index is 1.49. The van der Waals surface area contributed by atoms with Gasteiger partial charge in [0, 0.05) is 25.3 Å². The maximum atomic E-state index is 12.0. The number of aryl methyl sites for hydroxylation is 1. The van der Waals surface area contributed by atoms with Crippen molar-refractivity contribution >= 4 is 5.69 Å². The van der Waals surface area contributed by atoms with Gasteiger partial charge in [-0.3, -0.25) is 4.79 Å². The molecule has 1 aromatic rings. The highest BCUT2D eigenvalue weighted by Crippen LogP contribution is 2.22. The molecule has 5 heteroatoms. The molecular formula is C15H23N3O2. The molecule has 0 aromatic carbocycles. The summed E-state index contributed by atoms with van der Waals surface area (Å²) < 4.78 is 7.14. The Morgan fingerprint density at radius 3 is 2.90 bits per heavy atom. The zero-order chi connectivity index (χ0) is 13.8. The minimum atomic E-state index is -0.0123. The number of rotatable bonds is 6. The molecule has 0 amide bonds. The van der Waals surface area contributed by atoms with Crippen molar-refractivity contribution < 1.29 is 4.74 Å². The predicted octanol–water partition coefficient (Wildman–Crippen LogP) is 2.17. The summed E-state index contributed by atoms with van der Waals surface area (Å²) in [6, 6.07) is 2.20. The first-order valence-corrected chi connectivity index (χ1v) is 7.76. The molecule has 5 nitrogen and oxygen atoms in total. The van der Waals surface area contributed by atoms with Crippen molar-refractivity contribution in [1.29, 1.82) is 0 Å². The van der Waals surface area contributed by atoms with Crippen LogP contribution in [-0.4, -0.2) is 28.5 Å². The average Bonchev–Trinajstić information content (AvgIpc) is 2.89. The lowest BCUT2D eigenvalue weighted by molar-refractivity contribution is 0.101. The van der Waals surface area contributed by atoms with E-state index in [9.17, 15) is 4.79 Å². The van der Waals surface area contributed by atoms with Crippen molar-refractivity contribution in [3.05, 3.63) is 22.6 Å². The molecule has 0 bridgehead atoms. The van der Waals surface area contributed by atoms with Crippen molar-refractivity contribution in [2.45, 2.75) is 63.6 Å². The van der Waals surface area contributed by atoms with Crippen LogP contribution in [0.4, 0.5) is 5.69 Å². The van der Waals surface area contributed by atoms with Gasteiger partial charge in [-0.1, -0.05) is 0 Å². The molecule has 1 saturated carbocycles. The van der Waals surface area contributed by atoms with Crippen molar-refractivity contribution in [2.24, 2.45) is 0 Å². The number of aromatic nitrogens is 2. The number of hydrogen-bond acceptors (Lipinski definition) is 4. The first-order chi connectivity index (χ1) is 9.81. The second kappa shape index (κ2) is 6.39. The first kappa shape index (κ1) is 13.6. The summed E-state index contributed by atoms with van der Waals surface area (Å²) in [5.41, 5.74) is 0.844. The second-order valence-electron chi connectivity index (χ2n) is 5.86. The van der Waals surface area contributed by atoms with Crippen LogP contribution in [0, 0.1) is 0 Å². The first-order valence-electron chi connectivity index (χ1n) is 7.76. The fourth-order valence-electron chi connectivity index (χ4n) is 2.81. The lowest BCUT2D eigenvalue weighted by Gasteiger charge is -2.27. The SMILES string of the molecule is O=c1cc(NC2CCC2)cnn1CCCC1CCCO1. The number of nitrogens with one attached hydrogen (secondary N) is 1. The molecule has 1 aliphatic carbocycles. The normalized spacial score (nSPS) is 22.7. The number of anilines is 1. The van der Waals surface area contributed by atoms with Crippen LogP contribution in [0.25, 0.3) is 0 Å². The summed E-state index contributed by atoms with van der Waals surface area (Å²) in [4.78, 5) is 12.0. The van der Waals surface area contributed by atoms with E-state index in [1.807, 2.05) is 0 Å². The minimum absolute atomic E-state index is 0.0123. The maximum absolute atomic E-state index is 12.0. The Labute approximate surface area is 119 Å². The van der Waals surface area contributed by atoms with E-state index < -0.39 is 0 Å². The topological polar surface area (TPSA) is 56.2 Å². The molecule has 2 aliphatic rings. The standard InChI is InChI=1S/C15H23N3O2/c19-15-10-13(17-12-4-1-5-12)11-16-18(15)8-2-6-14-7-3-9-20-14/h10-12,14,17H,1-9H2. The van der Waals surface area contributed by atoms with Crippen LogP contribution in [0.2, 0.25) is 0 Å². The molecule has 1 unspecified atom stereocenters. The summed E-state index contributed by atoms with van der Waals surface area (Å²) >= 11 is 0. The zero-order valence-electron chi connectivity index (χ0n) is 11.9. The van der Waals surface area contributed by atoms with E-state index in [1.165, 1.54) is 25.7 Å². The van der Waals surface area contributed by atoms with E-state index in [4.69, 9.17) is 4.74 Å². The summed E-state index contributed by atoms with van der Waals surface area (Å²) in [6.07, 6.45) is 10.1. The van der Waals surface area contributed by atoms with Crippen LogP contribution in [-0.2, 0) is 11.3 Å². The largest absolute Gasteiger partial charge is 0.381 e. The molecule has 2 heterocycles. The van der Waals surface area contributed by atoms with Crippen LogP contribution in [0.15, 0.2) is 17.1 Å². The van der Waals surface area contributed by atoms with E-state index in [0.717, 1.165) is 31.6 Å². The van der Waals surface area contributed by atoms with Gasteiger partial charge in [-0.15, -0.1) is 0 Å². The van der Waals surface area contributed by atoms with Crippen LogP contribution in [0.1, 0.15) is 44.9 Å². The highest BCUT2D eigenvalue weighted by Gasteiger charge is 2.17. The number of ether oxygens (including phenoxy) is 1. The molecule has 110 valence electrons. The van der Waals surface area contributed by atoms with Crippen molar-refractivity contribution in [3.8, 4) is 0 Å². The Bertz CT molecular complexity index is 490. The quantitative estimate of drug-likeness (QED) is 0.866. The highest BCUT2D eigenvalue weighted by atomic mass is 16.5. The number of hydrogen-bond donors (Lipinski definition) is 1. The molecule has 3 rings (SSSR count). The third-order valence-corrected chi connectivity index (χ3v) is 4.27. The average molecular weight is 277 g/mol. The third-order valence-electron chi connectivity index (χ3n) is 4.27. The Morgan fingerprint density at radius 1 is 1.35 bits per heavy atom. The summed E-state index contributed by atoms with van der Waals surface area (Å²) in [7, 11) is 0. The van der Waals surface area contributed by atoms with Gasteiger partial charge in [-0.25, -0.2) is 4.68 Å².